The number of fused-ring (bicyclic) bond motifs is 1. The summed E-state index contributed by atoms with van der Waals surface area (Å²) >= 11 is 1.06. The molecule has 1 aliphatic rings. The van der Waals surface area contributed by atoms with Crippen molar-refractivity contribution in [3.05, 3.63) is 58.9 Å². The zero-order valence-electron chi connectivity index (χ0n) is 14.1. The Bertz CT molecular complexity index is 1060. The van der Waals surface area contributed by atoms with Crippen molar-refractivity contribution in [1.29, 1.82) is 0 Å². The highest BCUT2D eigenvalue weighted by atomic mass is 32.1. The van der Waals surface area contributed by atoms with Crippen LogP contribution in [0.5, 0.6) is 11.5 Å². The quantitative estimate of drug-likeness (QED) is 0.685. The van der Waals surface area contributed by atoms with Crippen molar-refractivity contribution in [2.75, 3.05) is 12.1 Å². The standard InChI is InChI=1S/C19H13FN2O4S/c1-10(23)12-6-15-16(26-9-25-15)7-14(12)22-18(24)17-8-21-19(27-17)11-4-2-3-5-13(11)20/h2-8H,9H2,1H3,(H,22,24). The van der Waals surface area contributed by atoms with Crippen LogP contribution in [0.15, 0.2) is 42.6 Å². The maximum absolute atomic E-state index is 13.9. The number of halogens is 1. The van der Waals surface area contributed by atoms with Gasteiger partial charge in [0.2, 0.25) is 6.79 Å². The third kappa shape index (κ3) is 3.26. The fraction of sp³-hybridized carbons (Fsp3) is 0.105. The smallest absolute Gasteiger partial charge is 0.267 e. The van der Waals surface area contributed by atoms with Crippen molar-refractivity contribution in [1.82, 2.24) is 4.98 Å². The highest BCUT2D eigenvalue weighted by molar-refractivity contribution is 7.17. The fourth-order valence-electron chi connectivity index (χ4n) is 2.66. The lowest BCUT2D eigenvalue weighted by Crippen LogP contribution is -2.13. The second-order valence-corrected chi connectivity index (χ2v) is 6.80. The second-order valence-electron chi connectivity index (χ2n) is 5.77. The predicted octanol–water partition coefficient (Wildman–Crippen LogP) is 4.13. The molecule has 0 bridgehead atoms. The van der Waals surface area contributed by atoms with Gasteiger partial charge >= 0.3 is 0 Å². The van der Waals surface area contributed by atoms with Gasteiger partial charge in [-0.05, 0) is 25.1 Å². The Kier molecular flexibility index (Phi) is 4.33. The molecule has 1 aliphatic heterocycles. The van der Waals surface area contributed by atoms with Gasteiger partial charge in [0, 0.05) is 17.2 Å². The minimum Gasteiger partial charge on any atom is -0.454 e. The van der Waals surface area contributed by atoms with E-state index < -0.39 is 11.7 Å². The molecule has 0 saturated heterocycles. The number of nitrogens with one attached hydrogen (secondary N) is 1. The number of hydrogen-bond donors (Lipinski definition) is 1. The highest BCUT2D eigenvalue weighted by Gasteiger charge is 2.21. The molecule has 1 aromatic heterocycles. The van der Waals surface area contributed by atoms with Crippen LogP contribution in [0.4, 0.5) is 10.1 Å². The van der Waals surface area contributed by atoms with Gasteiger partial charge in [-0.25, -0.2) is 9.37 Å². The Morgan fingerprint density at radius 2 is 1.93 bits per heavy atom. The van der Waals surface area contributed by atoms with Crippen LogP contribution < -0.4 is 14.8 Å². The Morgan fingerprint density at radius 3 is 2.67 bits per heavy atom. The van der Waals surface area contributed by atoms with Crippen molar-refractivity contribution in [3.63, 3.8) is 0 Å². The van der Waals surface area contributed by atoms with E-state index in [-0.39, 0.29) is 12.6 Å². The van der Waals surface area contributed by atoms with Crippen molar-refractivity contribution >= 4 is 28.7 Å². The monoisotopic (exact) mass is 384 g/mol. The minimum atomic E-state index is -0.448. The largest absolute Gasteiger partial charge is 0.454 e. The van der Waals surface area contributed by atoms with E-state index in [9.17, 15) is 14.0 Å². The van der Waals surface area contributed by atoms with Gasteiger partial charge in [-0.2, -0.15) is 0 Å². The summed E-state index contributed by atoms with van der Waals surface area (Å²) in [5.41, 5.74) is 0.957. The van der Waals surface area contributed by atoms with Crippen LogP contribution in [0.2, 0.25) is 0 Å². The number of nitrogens with zero attached hydrogens (tertiary/aromatic N) is 1. The Balaban J connectivity index is 1.62. The van der Waals surface area contributed by atoms with Crippen LogP contribution in [0.1, 0.15) is 27.0 Å². The van der Waals surface area contributed by atoms with E-state index in [1.807, 2.05) is 0 Å². The summed E-state index contributed by atoms with van der Waals surface area (Å²) in [5, 5.41) is 3.10. The number of benzene rings is 2. The first-order valence-electron chi connectivity index (χ1n) is 7.99. The van der Waals surface area contributed by atoms with Crippen LogP contribution in [0, 0.1) is 5.82 Å². The van der Waals surface area contributed by atoms with Crippen molar-refractivity contribution < 1.29 is 23.5 Å². The van der Waals surface area contributed by atoms with Gasteiger partial charge in [0.25, 0.3) is 5.91 Å². The Hall–Kier alpha value is -3.26. The molecule has 0 fully saturated rings. The van der Waals surface area contributed by atoms with Crippen molar-refractivity contribution in [3.8, 4) is 22.1 Å². The number of aromatic nitrogens is 1. The molecule has 136 valence electrons. The number of amides is 1. The van der Waals surface area contributed by atoms with Crippen molar-refractivity contribution in [2.45, 2.75) is 6.92 Å². The van der Waals surface area contributed by atoms with Crippen LogP contribution >= 0.6 is 11.3 Å². The van der Waals surface area contributed by atoms with Gasteiger partial charge in [0.05, 0.1) is 11.9 Å². The summed E-state index contributed by atoms with van der Waals surface area (Å²) in [5.74, 6) is -0.172. The van der Waals surface area contributed by atoms with Gasteiger partial charge in [0.15, 0.2) is 17.3 Å². The maximum atomic E-state index is 13.9. The zero-order valence-corrected chi connectivity index (χ0v) is 14.9. The lowest BCUT2D eigenvalue weighted by atomic mass is 10.1. The van der Waals surface area contributed by atoms with Crippen LogP contribution in [-0.4, -0.2) is 23.5 Å². The SMILES string of the molecule is CC(=O)c1cc2c(cc1NC(=O)c1cnc(-c3ccccc3F)s1)OCO2. The average Bonchev–Trinajstić information content (AvgIpc) is 3.30. The van der Waals surface area contributed by atoms with E-state index in [2.05, 4.69) is 10.3 Å². The van der Waals surface area contributed by atoms with E-state index in [0.29, 0.717) is 38.2 Å². The topological polar surface area (TPSA) is 77.5 Å². The number of carbonyl (C=O) groups is 2. The number of hydrogen-bond acceptors (Lipinski definition) is 6. The summed E-state index contributed by atoms with van der Waals surface area (Å²) in [6.45, 7) is 1.46. The molecule has 1 amide bonds. The first-order valence-corrected chi connectivity index (χ1v) is 8.81. The summed E-state index contributed by atoms with van der Waals surface area (Å²) < 4.78 is 24.5. The normalized spacial score (nSPS) is 12.1. The zero-order chi connectivity index (χ0) is 19.0. The highest BCUT2D eigenvalue weighted by Crippen LogP contribution is 2.37. The molecule has 0 radical (unpaired) electrons. The lowest BCUT2D eigenvalue weighted by Gasteiger charge is -2.09. The number of thiazole rings is 1. The maximum Gasteiger partial charge on any atom is 0.267 e. The molecule has 0 saturated carbocycles. The van der Waals surface area contributed by atoms with E-state index in [4.69, 9.17) is 9.47 Å². The molecule has 0 unspecified atom stereocenters. The molecule has 2 aromatic carbocycles. The first-order chi connectivity index (χ1) is 13.0. The molecule has 1 N–H and O–H groups in total. The number of Topliss-reactive ketones (excluding diaryl/α,β-unsaturated/α-hetero) is 1. The van der Waals surface area contributed by atoms with Gasteiger partial charge < -0.3 is 14.8 Å². The lowest BCUT2D eigenvalue weighted by molar-refractivity contribution is 0.101. The number of rotatable bonds is 4. The molecule has 2 heterocycles. The van der Waals surface area contributed by atoms with E-state index in [0.717, 1.165) is 11.3 Å². The minimum absolute atomic E-state index is 0.0604. The van der Waals surface area contributed by atoms with Gasteiger partial charge in [-0.3, -0.25) is 9.59 Å². The Morgan fingerprint density at radius 1 is 1.19 bits per heavy atom. The Labute approximate surface area is 157 Å². The molecule has 27 heavy (non-hydrogen) atoms. The number of ether oxygens (including phenoxy) is 2. The molecule has 4 rings (SSSR count). The van der Waals surface area contributed by atoms with E-state index >= 15 is 0 Å². The van der Waals surface area contributed by atoms with Gasteiger partial charge in [0.1, 0.15) is 15.7 Å². The summed E-state index contributed by atoms with van der Waals surface area (Å²) in [7, 11) is 0. The van der Waals surface area contributed by atoms with Crippen LogP contribution in [0.25, 0.3) is 10.6 Å². The predicted molar refractivity (Wildman–Crippen MR) is 98.0 cm³/mol. The molecule has 0 spiro atoms. The number of anilines is 1. The van der Waals surface area contributed by atoms with E-state index in [1.165, 1.54) is 25.3 Å². The van der Waals surface area contributed by atoms with Gasteiger partial charge in [-0.15, -0.1) is 11.3 Å². The third-order valence-corrected chi connectivity index (χ3v) is 5.00. The fourth-order valence-corrected chi connectivity index (χ4v) is 3.50. The molecular weight excluding hydrogens is 371 g/mol. The van der Waals surface area contributed by atoms with Crippen molar-refractivity contribution in [2.24, 2.45) is 0 Å². The second kappa shape index (κ2) is 6.81. The molecule has 6 nitrogen and oxygen atoms in total. The summed E-state index contributed by atoms with van der Waals surface area (Å²) in [4.78, 5) is 28.9. The average molecular weight is 384 g/mol. The number of carbonyl (C=O) groups excluding carboxylic acids is 2. The van der Waals surface area contributed by atoms with E-state index in [1.54, 1.807) is 24.3 Å². The summed E-state index contributed by atoms with van der Waals surface area (Å²) in [6.07, 6.45) is 1.38. The number of ketones is 1. The molecule has 3 aromatic rings. The van der Waals surface area contributed by atoms with Gasteiger partial charge in [-0.1, -0.05) is 12.1 Å². The molecule has 0 atom stereocenters. The molecule has 8 heteroatoms. The summed E-state index contributed by atoms with van der Waals surface area (Å²) in [6, 6.07) is 9.31. The molecule has 0 aliphatic carbocycles. The molecular formula is C19H13FN2O4S. The van der Waals surface area contributed by atoms with Crippen LogP contribution in [0.3, 0.4) is 0 Å². The van der Waals surface area contributed by atoms with Crippen LogP contribution in [-0.2, 0) is 0 Å². The first kappa shape index (κ1) is 17.2. The third-order valence-electron chi connectivity index (χ3n) is 3.97.